The minimum atomic E-state index is -1.76. The van der Waals surface area contributed by atoms with Crippen molar-refractivity contribution in [3.8, 4) is 5.75 Å². The number of nitrogens with zero attached hydrogens (tertiary/aromatic N) is 1. The van der Waals surface area contributed by atoms with Gasteiger partial charge in [0.1, 0.15) is 22.6 Å². The molecule has 5 N–H and O–H groups in total. The third kappa shape index (κ3) is 8.30. The fourth-order valence-corrected chi connectivity index (χ4v) is 5.61. The van der Waals surface area contributed by atoms with Crippen molar-refractivity contribution in [1.29, 1.82) is 0 Å². The first kappa shape index (κ1) is 32.4. The molecule has 1 fully saturated rings. The van der Waals surface area contributed by atoms with E-state index in [0.717, 1.165) is 5.56 Å². The minimum absolute atomic E-state index is 0.171. The fraction of sp³-hybridized carbons (Fsp3) is 0.267. The van der Waals surface area contributed by atoms with Gasteiger partial charge in [-0.1, -0.05) is 24.3 Å². The Morgan fingerprint density at radius 1 is 0.886 bits per heavy atom. The van der Waals surface area contributed by atoms with Crippen LogP contribution in [0.1, 0.15) is 23.3 Å². The molecule has 1 saturated heterocycles. The van der Waals surface area contributed by atoms with Crippen molar-refractivity contribution in [1.82, 2.24) is 10.6 Å². The molecule has 0 aromatic heterocycles. The normalized spacial score (nSPS) is 17.3. The molecule has 0 radical (unpaired) electrons. The van der Waals surface area contributed by atoms with Gasteiger partial charge in [-0.2, -0.15) is 0 Å². The van der Waals surface area contributed by atoms with E-state index in [0.29, 0.717) is 17.0 Å². The largest absolute Gasteiger partial charge is 0.484 e. The summed E-state index contributed by atoms with van der Waals surface area (Å²) in [5.74, 6) is -3.41. The first-order chi connectivity index (χ1) is 21.0. The molecule has 3 amide bonds. The number of hydrogen-bond donors (Lipinski definition) is 5. The highest BCUT2D eigenvalue weighted by Crippen LogP contribution is 2.46. The lowest BCUT2D eigenvalue weighted by Crippen LogP contribution is -2.57. The van der Waals surface area contributed by atoms with Crippen molar-refractivity contribution < 1.29 is 48.0 Å². The summed E-state index contributed by atoms with van der Waals surface area (Å²) < 4.78 is 32.3. The van der Waals surface area contributed by atoms with Crippen LogP contribution in [0.5, 0.6) is 5.75 Å². The number of rotatable bonds is 14. The molecule has 11 nitrogen and oxygen atoms in total. The number of aliphatic hydroxyl groups is 2. The first-order valence-corrected chi connectivity index (χ1v) is 14.4. The van der Waals surface area contributed by atoms with Crippen molar-refractivity contribution in [2.24, 2.45) is 0 Å². The predicted molar refractivity (Wildman–Crippen MR) is 156 cm³/mol. The molecule has 0 spiro atoms. The zero-order valence-electron chi connectivity index (χ0n) is 23.1. The number of benzene rings is 3. The molecule has 3 unspecified atom stereocenters. The van der Waals surface area contributed by atoms with Crippen LogP contribution in [0.3, 0.4) is 0 Å². The zero-order valence-corrected chi connectivity index (χ0v) is 23.9. The van der Waals surface area contributed by atoms with Crippen molar-refractivity contribution in [2.75, 3.05) is 30.3 Å². The van der Waals surface area contributed by atoms with Gasteiger partial charge in [0.25, 0.3) is 5.91 Å². The van der Waals surface area contributed by atoms with E-state index in [1.807, 2.05) is 0 Å². The Morgan fingerprint density at radius 3 is 2.11 bits per heavy atom. The van der Waals surface area contributed by atoms with Gasteiger partial charge in [0.05, 0.1) is 25.2 Å². The Bertz CT molecular complexity index is 1480. The average Bonchev–Trinajstić information content (AvgIpc) is 3.01. The molecule has 3 aromatic carbocycles. The van der Waals surface area contributed by atoms with Gasteiger partial charge in [0.2, 0.25) is 11.8 Å². The molecule has 232 valence electrons. The molecule has 14 heteroatoms. The molecular weight excluding hydrogens is 600 g/mol. The Balaban J connectivity index is 1.36. The maximum Gasteiger partial charge on any atom is 0.334 e. The SMILES string of the molecule is O=C(CNC(=O)COc1ccc(C2C(SCC(O)c3ccc(F)cc3)C(=O)N2c2ccc(F)cc2)cc1)NC[C@@H](O)C(=O)O. The molecule has 1 aliphatic heterocycles. The zero-order chi connectivity index (χ0) is 31.8. The standard InChI is InChI=1S/C30H29F2N3O8S/c31-19-5-1-17(2-6-19)24(37)16-44-28-27(35(29(28)40)21-9-7-20(32)8-10-21)18-3-11-22(12-4-18)43-15-26(39)34-14-25(38)33-13-23(36)30(41)42/h1-12,23-24,27-28,36-37H,13-16H2,(H,33,38)(H,34,39)(H,41,42)/t23-,24?,27?,28?/m1/s1. The number of β-lactam (4-membered cyclic amide) rings is 1. The number of carbonyl (C=O) groups is 4. The number of halogens is 2. The number of aliphatic hydroxyl groups excluding tert-OH is 2. The van der Waals surface area contributed by atoms with Crippen LogP contribution >= 0.6 is 11.8 Å². The summed E-state index contributed by atoms with van der Waals surface area (Å²) in [5.41, 5.74) is 1.73. The topological polar surface area (TPSA) is 166 Å². The second-order valence-corrected chi connectivity index (χ2v) is 10.9. The van der Waals surface area contributed by atoms with Gasteiger partial charge >= 0.3 is 5.97 Å². The third-order valence-corrected chi connectivity index (χ3v) is 7.98. The van der Waals surface area contributed by atoms with E-state index >= 15 is 0 Å². The number of nitrogens with one attached hydrogen (secondary N) is 2. The molecule has 0 aliphatic carbocycles. The Morgan fingerprint density at radius 2 is 1.50 bits per heavy atom. The Kier molecular flexibility index (Phi) is 10.9. The number of anilines is 1. The number of ether oxygens (including phenoxy) is 1. The molecule has 3 aromatic rings. The third-order valence-electron chi connectivity index (χ3n) is 6.65. The van der Waals surface area contributed by atoms with Crippen LogP contribution in [-0.2, 0) is 19.2 Å². The number of carbonyl (C=O) groups excluding carboxylic acids is 3. The summed E-state index contributed by atoms with van der Waals surface area (Å²) >= 11 is 1.25. The minimum Gasteiger partial charge on any atom is -0.484 e. The van der Waals surface area contributed by atoms with Gasteiger partial charge in [0.15, 0.2) is 12.7 Å². The summed E-state index contributed by atoms with van der Waals surface area (Å²) in [6, 6.07) is 17.1. The van der Waals surface area contributed by atoms with E-state index in [4.69, 9.17) is 14.9 Å². The lowest BCUT2D eigenvalue weighted by atomic mass is 9.92. The predicted octanol–water partition coefficient (Wildman–Crippen LogP) is 1.94. The van der Waals surface area contributed by atoms with Gasteiger partial charge in [-0.05, 0) is 59.7 Å². The lowest BCUT2D eigenvalue weighted by molar-refractivity contribution is -0.146. The second kappa shape index (κ2) is 14.8. The molecule has 1 heterocycles. The molecule has 44 heavy (non-hydrogen) atoms. The molecule has 0 bridgehead atoms. The average molecular weight is 630 g/mol. The summed E-state index contributed by atoms with van der Waals surface area (Å²) in [6.45, 7) is -1.38. The van der Waals surface area contributed by atoms with Crippen molar-refractivity contribution >= 4 is 41.1 Å². The van der Waals surface area contributed by atoms with Crippen LogP contribution in [0.4, 0.5) is 14.5 Å². The van der Waals surface area contributed by atoms with Crippen molar-refractivity contribution in [3.63, 3.8) is 0 Å². The van der Waals surface area contributed by atoms with E-state index in [1.54, 1.807) is 24.3 Å². The van der Waals surface area contributed by atoms with E-state index in [-0.39, 0.29) is 11.7 Å². The fourth-order valence-electron chi connectivity index (χ4n) is 4.31. The van der Waals surface area contributed by atoms with Gasteiger partial charge in [0, 0.05) is 11.4 Å². The van der Waals surface area contributed by atoms with E-state index in [9.17, 15) is 33.1 Å². The highest BCUT2D eigenvalue weighted by Gasteiger charge is 2.49. The molecule has 4 rings (SSSR count). The Hall–Kier alpha value is -4.53. The van der Waals surface area contributed by atoms with Crippen LogP contribution in [-0.4, -0.2) is 75.8 Å². The first-order valence-electron chi connectivity index (χ1n) is 13.3. The van der Waals surface area contributed by atoms with Crippen LogP contribution in [0.25, 0.3) is 0 Å². The highest BCUT2D eigenvalue weighted by molar-refractivity contribution is 8.00. The van der Waals surface area contributed by atoms with Gasteiger partial charge < -0.3 is 35.6 Å². The van der Waals surface area contributed by atoms with E-state index in [2.05, 4.69) is 10.6 Å². The summed E-state index contributed by atoms with van der Waals surface area (Å²) in [7, 11) is 0. The number of amides is 3. The summed E-state index contributed by atoms with van der Waals surface area (Å²) in [4.78, 5) is 49.1. The molecule has 1 aliphatic rings. The van der Waals surface area contributed by atoms with Gasteiger partial charge in [-0.15, -0.1) is 11.8 Å². The quantitative estimate of drug-likeness (QED) is 0.168. The van der Waals surface area contributed by atoms with Crippen molar-refractivity contribution in [2.45, 2.75) is 23.5 Å². The van der Waals surface area contributed by atoms with Gasteiger partial charge in [-0.25, -0.2) is 13.6 Å². The monoisotopic (exact) mass is 629 g/mol. The molecular formula is C30H29F2N3O8S. The van der Waals surface area contributed by atoms with E-state index < -0.39 is 72.6 Å². The van der Waals surface area contributed by atoms with Crippen LogP contribution in [0.2, 0.25) is 0 Å². The highest BCUT2D eigenvalue weighted by atomic mass is 32.2. The summed E-state index contributed by atoms with van der Waals surface area (Å²) in [5, 5.41) is 32.3. The summed E-state index contributed by atoms with van der Waals surface area (Å²) in [6.07, 6.45) is -2.69. The van der Waals surface area contributed by atoms with Crippen LogP contribution in [0, 0.1) is 11.6 Å². The van der Waals surface area contributed by atoms with Crippen LogP contribution < -0.4 is 20.3 Å². The molecule has 4 atom stereocenters. The number of hydrogen-bond acceptors (Lipinski definition) is 8. The Labute approximate surface area is 254 Å². The molecule has 0 saturated carbocycles. The number of thioether (sulfide) groups is 1. The number of aliphatic carboxylic acids is 1. The maximum absolute atomic E-state index is 13.6. The van der Waals surface area contributed by atoms with Crippen molar-refractivity contribution in [3.05, 3.63) is 95.6 Å². The lowest BCUT2D eigenvalue weighted by Gasteiger charge is -2.47. The number of carboxylic acid groups (broad SMARTS) is 1. The maximum atomic E-state index is 13.6. The van der Waals surface area contributed by atoms with Crippen LogP contribution in [0.15, 0.2) is 72.8 Å². The number of carboxylic acids is 1. The smallest absolute Gasteiger partial charge is 0.334 e. The van der Waals surface area contributed by atoms with E-state index in [1.165, 1.54) is 65.2 Å². The second-order valence-electron chi connectivity index (χ2n) is 9.74. The van der Waals surface area contributed by atoms with Gasteiger partial charge in [-0.3, -0.25) is 14.4 Å².